The number of amides is 1. The van der Waals surface area contributed by atoms with Crippen molar-refractivity contribution in [2.24, 2.45) is 0 Å². The number of carbonyl (C=O) groups is 3. The molecule has 0 fully saturated rings. The second kappa shape index (κ2) is 10.0. The molecule has 0 aliphatic carbocycles. The molecule has 6 heteroatoms. The van der Waals surface area contributed by atoms with Gasteiger partial charge in [-0.05, 0) is 41.0 Å². The van der Waals surface area contributed by atoms with Crippen molar-refractivity contribution in [2.45, 2.75) is 6.42 Å². The zero-order valence-electron chi connectivity index (χ0n) is 16.5. The van der Waals surface area contributed by atoms with Crippen LogP contribution in [0.2, 0.25) is 0 Å². The average Bonchev–Trinajstić information content (AvgIpc) is 2.79. The molecule has 0 atom stereocenters. The molecular weight excluding hydrogens is 382 g/mol. The second-order valence-corrected chi connectivity index (χ2v) is 6.52. The van der Waals surface area contributed by atoms with Crippen LogP contribution in [0.3, 0.4) is 0 Å². The fourth-order valence-electron chi connectivity index (χ4n) is 2.81. The maximum absolute atomic E-state index is 12.0. The molecule has 0 saturated carbocycles. The van der Waals surface area contributed by atoms with Gasteiger partial charge in [0.25, 0.3) is 5.91 Å². The summed E-state index contributed by atoms with van der Waals surface area (Å²) < 4.78 is 9.67. The van der Waals surface area contributed by atoms with E-state index in [0.717, 1.165) is 16.7 Å². The third-order valence-electron chi connectivity index (χ3n) is 4.36. The maximum atomic E-state index is 12.0. The summed E-state index contributed by atoms with van der Waals surface area (Å²) in [5.41, 5.74) is 3.83. The predicted octanol–water partition coefficient (Wildman–Crippen LogP) is 3.86. The normalized spacial score (nSPS) is 10.2. The van der Waals surface area contributed by atoms with Crippen LogP contribution in [0.25, 0.3) is 11.1 Å². The summed E-state index contributed by atoms with van der Waals surface area (Å²) in [6.07, 6.45) is 0.0795. The van der Waals surface area contributed by atoms with Crippen LogP contribution >= 0.6 is 0 Å². The van der Waals surface area contributed by atoms with Gasteiger partial charge in [0.05, 0.1) is 19.1 Å². The number of anilines is 1. The van der Waals surface area contributed by atoms with Gasteiger partial charge in [0.1, 0.15) is 0 Å². The van der Waals surface area contributed by atoms with Crippen LogP contribution in [0.15, 0.2) is 78.9 Å². The first-order chi connectivity index (χ1) is 14.5. The summed E-state index contributed by atoms with van der Waals surface area (Å²) in [6.45, 7) is -0.389. The van der Waals surface area contributed by atoms with Crippen molar-refractivity contribution in [3.05, 3.63) is 90.0 Å². The van der Waals surface area contributed by atoms with E-state index in [2.05, 4.69) is 10.1 Å². The van der Waals surface area contributed by atoms with Crippen LogP contribution in [-0.2, 0) is 25.5 Å². The summed E-state index contributed by atoms with van der Waals surface area (Å²) in [5, 5.41) is 2.60. The van der Waals surface area contributed by atoms with E-state index in [0.29, 0.717) is 11.3 Å². The Morgan fingerprint density at radius 3 is 2.07 bits per heavy atom. The van der Waals surface area contributed by atoms with Gasteiger partial charge in [0.2, 0.25) is 0 Å². The molecule has 0 saturated heterocycles. The molecule has 30 heavy (non-hydrogen) atoms. The molecule has 0 aliphatic rings. The van der Waals surface area contributed by atoms with Gasteiger partial charge in [0.15, 0.2) is 6.61 Å². The van der Waals surface area contributed by atoms with Crippen LogP contribution in [0.1, 0.15) is 15.9 Å². The number of hydrogen-bond donors (Lipinski definition) is 1. The standard InChI is InChI=1S/C24H21NO5/c1-29-24(28)20-11-13-21(14-12-20)25-22(26)16-30-23(27)15-17-7-9-19(10-8-17)18-5-3-2-4-6-18/h2-14H,15-16H2,1H3,(H,25,26). The monoisotopic (exact) mass is 403 g/mol. The number of esters is 2. The van der Waals surface area contributed by atoms with E-state index in [4.69, 9.17) is 4.74 Å². The molecule has 0 spiro atoms. The average molecular weight is 403 g/mol. The number of hydrogen-bond acceptors (Lipinski definition) is 5. The van der Waals surface area contributed by atoms with Gasteiger partial charge in [0, 0.05) is 5.69 Å². The Morgan fingerprint density at radius 2 is 1.43 bits per heavy atom. The minimum atomic E-state index is -0.487. The van der Waals surface area contributed by atoms with Crippen LogP contribution in [0.5, 0.6) is 0 Å². The Labute approximate surface area is 174 Å². The highest BCUT2D eigenvalue weighted by molar-refractivity contribution is 5.94. The van der Waals surface area contributed by atoms with E-state index in [1.165, 1.54) is 19.2 Å². The van der Waals surface area contributed by atoms with E-state index < -0.39 is 17.8 Å². The van der Waals surface area contributed by atoms with Gasteiger partial charge in [-0.15, -0.1) is 0 Å². The van der Waals surface area contributed by atoms with Gasteiger partial charge >= 0.3 is 11.9 Å². The van der Waals surface area contributed by atoms with Crippen molar-refractivity contribution in [2.75, 3.05) is 19.0 Å². The molecule has 1 N–H and O–H groups in total. The second-order valence-electron chi connectivity index (χ2n) is 6.52. The van der Waals surface area contributed by atoms with Gasteiger partial charge in [-0.1, -0.05) is 54.6 Å². The molecule has 152 valence electrons. The van der Waals surface area contributed by atoms with Crippen molar-refractivity contribution in [1.82, 2.24) is 0 Å². The van der Waals surface area contributed by atoms with E-state index in [1.54, 1.807) is 12.1 Å². The maximum Gasteiger partial charge on any atom is 0.337 e. The van der Waals surface area contributed by atoms with Gasteiger partial charge in [-0.3, -0.25) is 9.59 Å². The highest BCUT2D eigenvalue weighted by atomic mass is 16.5. The Kier molecular flexibility index (Phi) is 6.95. The lowest BCUT2D eigenvalue weighted by Gasteiger charge is -2.08. The molecule has 3 rings (SSSR count). The summed E-state index contributed by atoms with van der Waals surface area (Å²) in [4.78, 5) is 35.4. The fraction of sp³-hybridized carbons (Fsp3) is 0.125. The third kappa shape index (κ3) is 5.78. The third-order valence-corrected chi connectivity index (χ3v) is 4.36. The summed E-state index contributed by atoms with van der Waals surface area (Å²) in [5.74, 6) is -1.41. The van der Waals surface area contributed by atoms with Crippen molar-refractivity contribution in [3.63, 3.8) is 0 Å². The van der Waals surface area contributed by atoms with Crippen LogP contribution in [0.4, 0.5) is 5.69 Å². The number of rotatable bonds is 7. The minimum Gasteiger partial charge on any atom is -0.465 e. The van der Waals surface area contributed by atoms with Crippen LogP contribution in [-0.4, -0.2) is 31.6 Å². The lowest BCUT2D eigenvalue weighted by Crippen LogP contribution is -2.21. The summed E-state index contributed by atoms with van der Waals surface area (Å²) in [6, 6.07) is 23.8. The SMILES string of the molecule is COC(=O)c1ccc(NC(=O)COC(=O)Cc2ccc(-c3ccccc3)cc2)cc1. The minimum absolute atomic E-state index is 0.0795. The number of ether oxygens (including phenoxy) is 2. The number of carbonyl (C=O) groups excluding carboxylic acids is 3. The smallest absolute Gasteiger partial charge is 0.337 e. The largest absolute Gasteiger partial charge is 0.465 e. The topological polar surface area (TPSA) is 81.7 Å². The number of benzene rings is 3. The molecule has 0 unspecified atom stereocenters. The number of methoxy groups -OCH3 is 1. The summed E-state index contributed by atoms with van der Waals surface area (Å²) >= 11 is 0. The van der Waals surface area contributed by atoms with Gasteiger partial charge in [-0.2, -0.15) is 0 Å². The van der Waals surface area contributed by atoms with E-state index in [-0.39, 0.29) is 13.0 Å². The Bertz CT molecular complexity index is 1010. The molecular formula is C24H21NO5. The number of nitrogens with one attached hydrogen (secondary N) is 1. The molecule has 0 heterocycles. The molecule has 6 nitrogen and oxygen atoms in total. The van der Waals surface area contributed by atoms with Crippen molar-refractivity contribution in [1.29, 1.82) is 0 Å². The molecule has 3 aromatic carbocycles. The van der Waals surface area contributed by atoms with E-state index in [9.17, 15) is 14.4 Å². The molecule has 3 aromatic rings. The highest BCUT2D eigenvalue weighted by Gasteiger charge is 2.10. The van der Waals surface area contributed by atoms with Crippen LogP contribution < -0.4 is 5.32 Å². The zero-order valence-corrected chi connectivity index (χ0v) is 16.5. The van der Waals surface area contributed by atoms with Gasteiger partial charge in [-0.25, -0.2) is 4.79 Å². The molecule has 0 radical (unpaired) electrons. The Hall–Kier alpha value is -3.93. The first-order valence-electron chi connectivity index (χ1n) is 9.33. The Balaban J connectivity index is 1.46. The van der Waals surface area contributed by atoms with Crippen molar-refractivity contribution >= 4 is 23.5 Å². The highest BCUT2D eigenvalue weighted by Crippen LogP contribution is 2.19. The van der Waals surface area contributed by atoms with Crippen LogP contribution in [0, 0.1) is 0 Å². The summed E-state index contributed by atoms with van der Waals surface area (Å²) in [7, 11) is 1.30. The molecule has 0 bridgehead atoms. The quantitative estimate of drug-likeness (QED) is 0.606. The predicted molar refractivity (Wildman–Crippen MR) is 113 cm³/mol. The lowest BCUT2D eigenvalue weighted by atomic mass is 10.0. The first kappa shape index (κ1) is 20.8. The van der Waals surface area contributed by atoms with Crippen molar-refractivity contribution in [3.8, 4) is 11.1 Å². The van der Waals surface area contributed by atoms with Gasteiger partial charge < -0.3 is 14.8 Å². The molecule has 0 aromatic heterocycles. The van der Waals surface area contributed by atoms with E-state index >= 15 is 0 Å². The van der Waals surface area contributed by atoms with Crippen molar-refractivity contribution < 1.29 is 23.9 Å². The molecule has 1 amide bonds. The van der Waals surface area contributed by atoms with E-state index in [1.807, 2.05) is 54.6 Å². The lowest BCUT2D eigenvalue weighted by molar-refractivity contribution is -0.146. The first-order valence-corrected chi connectivity index (χ1v) is 9.33. The zero-order chi connectivity index (χ0) is 21.3. The fourth-order valence-corrected chi connectivity index (χ4v) is 2.81. The molecule has 0 aliphatic heterocycles. The Morgan fingerprint density at radius 1 is 0.800 bits per heavy atom.